The number of urea groups is 1. The van der Waals surface area contributed by atoms with E-state index in [2.05, 4.69) is 10.1 Å². The van der Waals surface area contributed by atoms with Crippen molar-refractivity contribution in [3.05, 3.63) is 54.3 Å². The van der Waals surface area contributed by atoms with Crippen molar-refractivity contribution in [3.63, 3.8) is 0 Å². The number of halogens is 4. The highest BCUT2D eigenvalue weighted by atomic mass is 19.4. The maximum Gasteiger partial charge on any atom is 0.573 e. The zero-order valence-electron chi connectivity index (χ0n) is 14.4. The number of anilines is 2. The molecule has 6 nitrogen and oxygen atoms in total. The van der Waals surface area contributed by atoms with Crippen LogP contribution in [0.3, 0.4) is 0 Å². The monoisotopic (exact) mass is 397 g/mol. The maximum atomic E-state index is 13.9. The van der Waals surface area contributed by atoms with Gasteiger partial charge in [0.1, 0.15) is 18.1 Å². The zero-order chi connectivity index (χ0) is 20.3. The minimum atomic E-state index is -4.80. The Hall–Kier alpha value is -3.30. The van der Waals surface area contributed by atoms with E-state index >= 15 is 0 Å². The second kappa shape index (κ2) is 7.75. The summed E-state index contributed by atoms with van der Waals surface area (Å²) in [6.45, 7) is 0.195. The Morgan fingerprint density at radius 1 is 1.07 bits per heavy atom. The molecule has 3 rings (SSSR count). The number of alkyl halides is 3. The van der Waals surface area contributed by atoms with E-state index in [-0.39, 0.29) is 31.0 Å². The molecule has 1 aliphatic heterocycles. The first-order chi connectivity index (χ1) is 13.2. The lowest BCUT2D eigenvalue weighted by atomic mass is 10.3. The van der Waals surface area contributed by atoms with E-state index in [0.29, 0.717) is 0 Å². The van der Waals surface area contributed by atoms with Crippen LogP contribution in [0.5, 0.6) is 5.75 Å². The number of amides is 3. The van der Waals surface area contributed by atoms with Crippen LogP contribution in [0.25, 0.3) is 0 Å². The number of nitrogens with zero attached hydrogens (tertiary/aromatic N) is 2. The molecule has 0 unspecified atom stereocenters. The van der Waals surface area contributed by atoms with Crippen molar-refractivity contribution >= 4 is 23.3 Å². The van der Waals surface area contributed by atoms with Gasteiger partial charge in [-0.15, -0.1) is 13.2 Å². The summed E-state index contributed by atoms with van der Waals surface area (Å²) in [5.74, 6) is -1.49. The lowest BCUT2D eigenvalue weighted by Gasteiger charge is -2.19. The van der Waals surface area contributed by atoms with Crippen LogP contribution >= 0.6 is 0 Å². The Kier molecular flexibility index (Phi) is 5.39. The maximum absolute atomic E-state index is 13.9. The summed E-state index contributed by atoms with van der Waals surface area (Å²) >= 11 is 0. The van der Waals surface area contributed by atoms with E-state index in [4.69, 9.17) is 0 Å². The number of hydrogen-bond acceptors (Lipinski definition) is 3. The van der Waals surface area contributed by atoms with E-state index in [1.165, 1.54) is 40.1 Å². The van der Waals surface area contributed by atoms with Gasteiger partial charge in [0, 0.05) is 18.8 Å². The second-order valence-electron chi connectivity index (χ2n) is 5.93. The summed E-state index contributed by atoms with van der Waals surface area (Å²) in [7, 11) is 0. The molecule has 10 heteroatoms. The average Bonchev–Trinajstić information content (AvgIpc) is 2.96. The molecule has 1 N–H and O–H groups in total. The van der Waals surface area contributed by atoms with Gasteiger partial charge in [-0.25, -0.2) is 9.18 Å². The largest absolute Gasteiger partial charge is 0.573 e. The predicted molar refractivity (Wildman–Crippen MR) is 92.5 cm³/mol. The first-order valence-corrected chi connectivity index (χ1v) is 8.19. The highest BCUT2D eigenvalue weighted by Gasteiger charge is 2.32. The average molecular weight is 397 g/mol. The first kappa shape index (κ1) is 19.5. The third kappa shape index (κ3) is 4.70. The molecule has 0 spiro atoms. The van der Waals surface area contributed by atoms with Gasteiger partial charge in [0.25, 0.3) is 0 Å². The van der Waals surface area contributed by atoms with E-state index in [1.807, 2.05) is 0 Å². The quantitative estimate of drug-likeness (QED) is 0.785. The molecule has 1 fully saturated rings. The molecule has 0 bridgehead atoms. The van der Waals surface area contributed by atoms with Crippen molar-refractivity contribution in [1.82, 2.24) is 4.90 Å². The highest BCUT2D eigenvalue weighted by molar-refractivity contribution is 5.99. The number of carbonyl (C=O) groups excluding carboxylic acids is 2. The van der Waals surface area contributed by atoms with Gasteiger partial charge in [0.2, 0.25) is 5.91 Å². The number of carbonyl (C=O) groups is 2. The van der Waals surface area contributed by atoms with E-state index < -0.39 is 29.9 Å². The molecule has 28 heavy (non-hydrogen) atoms. The Labute approximate surface area is 157 Å². The molecule has 2 aromatic carbocycles. The number of benzene rings is 2. The van der Waals surface area contributed by atoms with Crippen LogP contribution in [0.1, 0.15) is 0 Å². The van der Waals surface area contributed by atoms with Gasteiger partial charge in [-0.3, -0.25) is 9.69 Å². The lowest BCUT2D eigenvalue weighted by molar-refractivity contribution is -0.274. The molecule has 148 valence electrons. The molecule has 0 aliphatic carbocycles. The minimum absolute atomic E-state index is 0.135. The molecule has 3 amide bonds. The smallest absolute Gasteiger partial charge is 0.406 e. The summed E-state index contributed by atoms with van der Waals surface area (Å²) in [4.78, 5) is 27.0. The number of para-hydroxylation sites is 1. The van der Waals surface area contributed by atoms with Gasteiger partial charge < -0.3 is 15.0 Å². The topological polar surface area (TPSA) is 61.9 Å². The Balaban J connectivity index is 1.57. The third-order valence-electron chi connectivity index (χ3n) is 3.94. The molecule has 0 atom stereocenters. The van der Waals surface area contributed by atoms with Crippen LogP contribution in [0.4, 0.5) is 33.7 Å². The molecule has 0 saturated carbocycles. The predicted octanol–water partition coefficient (Wildman–Crippen LogP) is 3.61. The van der Waals surface area contributed by atoms with Crippen molar-refractivity contribution < 1.29 is 31.9 Å². The fourth-order valence-electron chi connectivity index (χ4n) is 2.74. The Bertz CT molecular complexity index is 871. The Morgan fingerprint density at radius 3 is 2.39 bits per heavy atom. The summed E-state index contributed by atoms with van der Waals surface area (Å²) in [6.07, 6.45) is -4.80. The van der Waals surface area contributed by atoms with E-state index in [1.54, 1.807) is 6.07 Å². The van der Waals surface area contributed by atoms with E-state index in [9.17, 15) is 27.2 Å². The molecule has 1 aliphatic rings. The molecule has 1 heterocycles. The van der Waals surface area contributed by atoms with Crippen LogP contribution in [-0.4, -0.2) is 42.8 Å². The van der Waals surface area contributed by atoms with Gasteiger partial charge in [-0.1, -0.05) is 12.1 Å². The summed E-state index contributed by atoms with van der Waals surface area (Å²) in [5, 5.41) is 2.48. The van der Waals surface area contributed by atoms with Crippen molar-refractivity contribution in [2.45, 2.75) is 6.36 Å². The summed E-state index contributed by atoms with van der Waals surface area (Å²) < 4.78 is 54.0. The molecule has 0 radical (unpaired) electrons. The van der Waals surface area contributed by atoms with Crippen LogP contribution in [0, 0.1) is 5.82 Å². The van der Waals surface area contributed by atoms with Crippen LogP contribution in [0.2, 0.25) is 0 Å². The van der Waals surface area contributed by atoms with Gasteiger partial charge >= 0.3 is 12.4 Å². The van der Waals surface area contributed by atoms with Crippen LogP contribution < -0.4 is 15.0 Å². The summed E-state index contributed by atoms with van der Waals surface area (Å²) in [6, 6.07) is 9.93. The molecule has 0 aromatic heterocycles. The second-order valence-corrected chi connectivity index (χ2v) is 5.93. The van der Waals surface area contributed by atoms with Crippen molar-refractivity contribution in [2.24, 2.45) is 0 Å². The van der Waals surface area contributed by atoms with Crippen LogP contribution in [-0.2, 0) is 4.79 Å². The third-order valence-corrected chi connectivity index (χ3v) is 3.94. The van der Waals surface area contributed by atoms with Crippen molar-refractivity contribution in [2.75, 3.05) is 29.9 Å². The number of hydrogen-bond donors (Lipinski definition) is 1. The molecular formula is C18H15F4N3O3. The lowest BCUT2D eigenvalue weighted by Crippen LogP contribution is -2.37. The minimum Gasteiger partial charge on any atom is -0.406 e. The molecule has 2 aromatic rings. The normalized spacial score (nSPS) is 14.4. The SMILES string of the molecule is O=C(CN1CCN(c2ccccc2F)C1=O)Nc1ccc(OC(F)(F)F)cc1. The number of ether oxygens (including phenoxy) is 1. The van der Waals surface area contributed by atoms with Crippen molar-refractivity contribution in [3.8, 4) is 5.75 Å². The first-order valence-electron chi connectivity index (χ1n) is 8.19. The molecular weight excluding hydrogens is 382 g/mol. The van der Waals surface area contributed by atoms with Crippen molar-refractivity contribution in [1.29, 1.82) is 0 Å². The van der Waals surface area contributed by atoms with Gasteiger partial charge in [0.05, 0.1) is 5.69 Å². The number of rotatable bonds is 5. The van der Waals surface area contributed by atoms with E-state index in [0.717, 1.165) is 12.1 Å². The number of nitrogens with one attached hydrogen (secondary N) is 1. The van der Waals surface area contributed by atoms with Crippen LogP contribution in [0.15, 0.2) is 48.5 Å². The highest BCUT2D eigenvalue weighted by Crippen LogP contribution is 2.25. The fraction of sp³-hybridized carbons (Fsp3) is 0.222. The van der Waals surface area contributed by atoms with Gasteiger partial charge in [-0.05, 0) is 36.4 Å². The summed E-state index contributed by atoms with van der Waals surface area (Å²) in [5.41, 5.74) is 0.382. The molecule has 1 saturated heterocycles. The Morgan fingerprint density at radius 2 is 1.75 bits per heavy atom. The van der Waals surface area contributed by atoms with Gasteiger partial charge in [-0.2, -0.15) is 0 Å². The zero-order valence-corrected chi connectivity index (χ0v) is 14.4. The van der Waals surface area contributed by atoms with Gasteiger partial charge in [0.15, 0.2) is 0 Å². The fourth-order valence-corrected chi connectivity index (χ4v) is 2.74. The standard InChI is InChI=1S/C18H15F4N3O3/c19-14-3-1-2-4-15(14)25-10-9-24(17(25)27)11-16(26)23-12-5-7-13(8-6-12)28-18(20,21)22/h1-8H,9-11H2,(H,23,26).